The Kier molecular flexibility index (Phi) is 6.11. The van der Waals surface area contributed by atoms with Gasteiger partial charge in [0.25, 0.3) is 0 Å². The molecule has 1 heterocycles. The molecule has 1 unspecified atom stereocenters. The van der Waals surface area contributed by atoms with Crippen LogP contribution >= 0.6 is 0 Å². The lowest BCUT2D eigenvalue weighted by molar-refractivity contribution is 0.422. The zero-order valence-corrected chi connectivity index (χ0v) is 17.5. The normalized spacial score (nSPS) is 16.4. The molecule has 0 saturated carbocycles. The van der Waals surface area contributed by atoms with Crippen molar-refractivity contribution in [2.24, 2.45) is 9.98 Å². The summed E-state index contributed by atoms with van der Waals surface area (Å²) in [5.74, 6) is 0.855. The molecule has 0 aromatic heterocycles. The third-order valence-electron chi connectivity index (χ3n) is 4.99. The molecule has 0 spiro atoms. The second-order valence-electron chi connectivity index (χ2n) is 8.00. The third-order valence-corrected chi connectivity index (χ3v) is 4.99. The zero-order valence-electron chi connectivity index (χ0n) is 17.5. The van der Waals surface area contributed by atoms with E-state index in [4.69, 9.17) is 0 Å². The second-order valence-corrected chi connectivity index (χ2v) is 8.00. The molecule has 26 heavy (non-hydrogen) atoms. The molecule has 0 radical (unpaired) electrons. The summed E-state index contributed by atoms with van der Waals surface area (Å²) in [6.45, 7) is 12.0. The lowest BCUT2D eigenvalue weighted by atomic mass is 9.86. The Morgan fingerprint density at radius 3 is 2.65 bits per heavy atom. The first-order valence-electron chi connectivity index (χ1n) is 9.15. The summed E-state index contributed by atoms with van der Waals surface area (Å²) < 4.78 is 0. The highest BCUT2D eigenvalue weighted by atomic mass is 15.3. The van der Waals surface area contributed by atoms with Crippen LogP contribution in [-0.2, 0) is 5.41 Å². The van der Waals surface area contributed by atoms with Gasteiger partial charge in [0, 0.05) is 33.0 Å². The van der Waals surface area contributed by atoms with Crippen LogP contribution in [0.3, 0.4) is 0 Å². The summed E-state index contributed by atoms with van der Waals surface area (Å²) in [4.78, 5) is 13.2. The number of aliphatic imine (C=N–C) groups is 2. The molecule has 0 aliphatic carbocycles. The first kappa shape index (κ1) is 20.0. The smallest absolute Gasteiger partial charge is 0.152 e. The summed E-state index contributed by atoms with van der Waals surface area (Å²) in [5, 5.41) is 3.21. The fourth-order valence-electron chi connectivity index (χ4n) is 3.20. The van der Waals surface area contributed by atoms with Gasteiger partial charge in [0.05, 0.1) is 24.6 Å². The maximum Gasteiger partial charge on any atom is 0.152 e. The van der Waals surface area contributed by atoms with Crippen LogP contribution in [-0.4, -0.2) is 51.2 Å². The van der Waals surface area contributed by atoms with Crippen LogP contribution in [0.15, 0.2) is 39.7 Å². The predicted octanol–water partition coefficient (Wildman–Crippen LogP) is 3.55. The molecule has 0 saturated heterocycles. The van der Waals surface area contributed by atoms with Gasteiger partial charge in [-0.3, -0.25) is 4.99 Å². The van der Waals surface area contributed by atoms with E-state index in [-0.39, 0.29) is 11.5 Å². The Morgan fingerprint density at radius 2 is 2.04 bits per heavy atom. The molecular weight excluding hydrogens is 322 g/mol. The zero-order chi connectivity index (χ0) is 19.5. The van der Waals surface area contributed by atoms with Gasteiger partial charge in [0.1, 0.15) is 0 Å². The minimum absolute atomic E-state index is 0.127. The van der Waals surface area contributed by atoms with E-state index < -0.39 is 0 Å². The average molecular weight is 356 g/mol. The monoisotopic (exact) mass is 355 g/mol. The maximum atomic E-state index is 4.56. The topological polar surface area (TPSA) is 43.2 Å². The van der Waals surface area contributed by atoms with Gasteiger partial charge in [-0.1, -0.05) is 32.9 Å². The summed E-state index contributed by atoms with van der Waals surface area (Å²) in [6.07, 6.45) is 3.61. The third kappa shape index (κ3) is 4.26. The van der Waals surface area contributed by atoms with Crippen LogP contribution in [0.25, 0.3) is 0 Å². The first-order valence-corrected chi connectivity index (χ1v) is 9.15. The van der Waals surface area contributed by atoms with Gasteiger partial charge in [-0.2, -0.15) is 0 Å². The van der Waals surface area contributed by atoms with E-state index in [1.54, 1.807) is 13.4 Å². The predicted molar refractivity (Wildman–Crippen MR) is 113 cm³/mol. The van der Waals surface area contributed by atoms with E-state index >= 15 is 0 Å². The van der Waals surface area contributed by atoms with Gasteiger partial charge in [0.15, 0.2) is 5.82 Å². The highest BCUT2D eigenvalue weighted by Gasteiger charge is 2.25. The van der Waals surface area contributed by atoms with Crippen LogP contribution in [0, 0.1) is 6.92 Å². The molecule has 5 heteroatoms. The number of rotatable bonds is 5. The molecule has 1 aliphatic heterocycles. The molecule has 2 rings (SSSR count). The molecule has 1 atom stereocenters. The Bertz CT molecular complexity index is 724. The molecule has 1 aromatic rings. The number of nitrogens with one attached hydrogen (secondary N) is 1. The minimum Gasteiger partial charge on any atom is -0.368 e. The first-order chi connectivity index (χ1) is 12.2. The molecule has 1 aliphatic rings. The maximum absolute atomic E-state index is 4.56. The second kappa shape index (κ2) is 7.94. The van der Waals surface area contributed by atoms with Gasteiger partial charge in [-0.05, 0) is 36.5 Å². The summed E-state index contributed by atoms with van der Waals surface area (Å²) >= 11 is 0. The Hall–Kier alpha value is -2.30. The molecule has 0 fully saturated rings. The van der Waals surface area contributed by atoms with Crippen LogP contribution in [0.2, 0.25) is 0 Å². The SMILES string of the molecule is CN=CNC1=C(C(C)N(C)c2cc(C(C)(C)C)ccc2C)N(C)CC=N1. The van der Waals surface area contributed by atoms with E-state index in [2.05, 4.69) is 92.0 Å². The van der Waals surface area contributed by atoms with Crippen molar-refractivity contribution in [3.8, 4) is 0 Å². The van der Waals surface area contributed by atoms with Crippen LogP contribution in [0.4, 0.5) is 5.69 Å². The summed E-state index contributed by atoms with van der Waals surface area (Å²) in [5.41, 5.74) is 5.17. The van der Waals surface area contributed by atoms with Crippen molar-refractivity contribution < 1.29 is 0 Å². The summed E-state index contributed by atoms with van der Waals surface area (Å²) in [6, 6.07) is 6.94. The Balaban J connectivity index is 2.43. The fraction of sp³-hybridized carbons (Fsp3) is 0.524. The number of nitrogens with zero attached hydrogens (tertiary/aromatic N) is 4. The van der Waals surface area contributed by atoms with Crippen molar-refractivity contribution in [2.45, 2.75) is 46.1 Å². The van der Waals surface area contributed by atoms with E-state index in [9.17, 15) is 0 Å². The van der Waals surface area contributed by atoms with Gasteiger partial charge < -0.3 is 15.1 Å². The van der Waals surface area contributed by atoms with Gasteiger partial charge in [-0.25, -0.2) is 4.99 Å². The van der Waals surface area contributed by atoms with E-state index in [0.29, 0.717) is 0 Å². The lowest BCUT2D eigenvalue weighted by Crippen LogP contribution is -2.41. The number of aryl methyl sites for hydroxylation is 1. The standard InChI is InChI=1S/C21H33N5/c1-15-9-10-17(21(3,4)5)13-18(15)26(8)16(2)19-20(24-14-22-6)23-11-12-25(19)7/h9-11,13-14,16H,12H2,1-8H3,(H,22,24). The number of hydrogen-bond acceptors (Lipinski definition) is 4. The van der Waals surface area contributed by atoms with Crippen LogP contribution in [0.1, 0.15) is 38.8 Å². The highest BCUT2D eigenvalue weighted by molar-refractivity contribution is 5.67. The highest BCUT2D eigenvalue weighted by Crippen LogP contribution is 2.31. The van der Waals surface area contributed by atoms with Crippen molar-refractivity contribution in [3.05, 3.63) is 40.8 Å². The molecule has 5 nitrogen and oxygen atoms in total. The molecule has 142 valence electrons. The Labute approximate surface area is 158 Å². The average Bonchev–Trinajstić information content (AvgIpc) is 2.58. The quantitative estimate of drug-likeness (QED) is 0.649. The molecule has 0 bridgehead atoms. The van der Waals surface area contributed by atoms with Gasteiger partial charge >= 0.3 is 0 Å². The fourth-order valence-corrected chi connectivity index (χ4v) is 3.20. The van der Waals surface area contributed by atoms with E-state index in [0.717, 1.165) is 18.1 Å². The van der Waals surface area contributed by atoms with Crippen LogP contribution < -0.4 is 10.2 Å². The lowest BCUT2D eigenvalue weighted by Gasteiger charge is -2.37. The van der Waals surface area contributed by atoms with Gasteiger partial charge in [0.2, 0.25) is 0 Å². The van der Waals surface area contributed by atoms with Crippen molar-refractivity contribution in [1.29, 1.82) is 0 Å². The molecule has 1 aromatic carbocycles. The van der Waals surface area contributed by atoms with Gasteiger partial charge in [-0.15, -0.1) is 0 Å². The van der Waals surface area contributed by atoms with Crippen LogP contribution in [0.5, 0.6) is 0 Å². The largest absolute Gasteiger partial charge is 0.368 e. The van der Waals surface area contributed by atoms with Crippen molar-refractivity contribution in [1.82, 2.24) is 10.2 Å². The number of likely N-dealkylation sites (N-methyl/N-ethyl adjacent to an activating group) is 2. The Morgan fingerprint density at radius 1 is 1.35 bits per heavy atom. The molecule has 0 amide bonds. The number of anilines is 1. The molecular formula is C21H33N5. The van der Waals surface area contributed by atoms with Crippen molar-refractivity contribution in [3.63, 3.8) is 0 Å². The van der Waals surface area contributed by atoms with E-state index in [1.165, 1.54) is 16.8 Å². The number of hydrogen-bond donors (Lipinski definition) is 1. The molecule has 1 N–H and O–H groups in total. The minimum atomic E-state index is 0.127. The van der Waals surface area contributed by atoms with Crippen molar-refractivity contribution >= 4 is 18.2 Å². The van der Waals surface area contributed by atoms with E-state index in [1.807, 2.05) is 6.21 Å². The van der Waals surface area contributed by atoms with Crippen molar-refractivity contribution in [2.75, 3.05) is 32.6 Å². The number of benzene rings is 1. The summed E-state index contributed by atoms with van der Waals surface area (Å²) in [7, 11) is 6.01.